The van der Waals surface area contributed by atoms with Crippen molar-refractivity contribution in [2.75, 3.05) is 32.8 Å². The van der Waals surface area contributed by atoms with Crippen molar-refractivity contribution in [3.05, 3.63) is 35.4 Å². The van der Waals surface area contributed by atoms with Gasteiger partial charge in [0.25, 0.3) is 5.91 Å². The van der Waals surface area contributed by atoms with Gasteiger partial charge in [0.15, 0.2) is 0 Å². The minimum atomic E-state index is -0.00514. The molecule has 3 unspecified atom stereocenters. The molecule has 2 aliphatic rings. The first kappa shape index (κ1) is 19.8. The average molecular weight is 375 g/mol. The van der Waals surface area contributed by atoms with Gasteiger partial charge in [-0.2, -0.15) is 0 Å². The van der Waals surface area contributed by atoms with Gasteiger partial charge in [-0.3, -0.25) is 9.59 Å². The molecule has 0 aromatic heterocycles. The van der Waals surface area contributed by atoms with E-state index in [1.807, 2.05) is 43.0 Å². The zero-order valence-electron chi connectivity index (χ0n) is 16.1. The van der Waals surface area contributed by atoms with Crippen LogP contribution in [0.1, 0.15) is 36.2 Å². The molecule has 2 saturated heterocycles. The lowest BCUT2D eigenvalue weighted by Gasteiger charge is -2.35. The average Bonchev–Trinajstić information content (AvgIpc) is 2.66. The van der Waals surface area contributed by atoms with Gasteiger partial charge in [0, 0.05) is 44.2 Å². The highest BCUT2D eigenvalue weighted by atomic mass is 16.5. The molecule has 1 aromatic carbocycles. The third-order valence-electron chi connectivity index (χ3n) is 4.83. The van der Waals surface area contributed by atoms with Gasteiger partial charge in [0.1, 0.15) is 0 Å². The molecule has 3 atom stereocenters. The molecule has 0 bridgehead atoms. The molecular weight excluding hydrogens is 346 g/mol. The summed E-state index contributed by atoms with van der Waals surface area (Å²) in [6.45, 7) is 7.70. The fraction of sp³-hybridized carbons (Fsp3) is 0.600. The number of hydrogen-bond donors (Lipinski definition) is 2. The molecule has 0 spiro atoms. The molecule has 3 rings (SSSR count). The van der Waals surface area contributed by atoms with E-state index in [1.54, 1.807) is 0 Å². The van der Waals surface area contributed by atoms with Crippen LogP contribution in [0.25, 0.3) is 0 Å². The third-order valence-corrected chi connectivity index (χ3v) is 4.83. The zero-order valence-corrected chi connectivity index (χ0v) is 16.1. The third kappa shape index (κ3) is 5.76. The number of hydrogen-bond acceptors (Lipinski definition) is 5. The van der Waals surface area contributed by atoms with Crippen molar-refractivity contribution in [1.29, 1.82) is 0 Å². The lowest BCUT2D eigenvalue weighted by Crippen LogP contribution is -2.48. The predicted octanol–water partition coefficient (Wildman–Crippen LogP) is 0.931. The van der Waals surface area contributed by atoms with E-state index in [2.05, 4.69) is 10.6 Å². The van der Waals surface area contributed by atoms with Gasteiger partial charge in [-0.1, -0.05) is 12.1 Å². The van der Waals surface area contributed by atoms with Gasteiger partial charge >= 0.3 is 0 Å². The highest BCUT2D eigenvalue weighted by Crippen LogP contribution is 2.15. The Kier molecular flexibility index (Phi) is 6.82. The standard InChI is InChI=1S/C20H29N3O4/c1-14-11-23(12-15(2)27-14)20(25)17-5-3-16(4-6-17)10-22-19(24)9-18-13-26-8-7-21-18/h3-6,14-15,18,21H,7-13H2,1-2H3,(H,22,24). The monoisotopic (exact) mass is 375 g/mol. The summed E-state index contributed by atoms with van der Waals surface area (Å²) in [7, 11) is 0. The second-order valence-electron chi connectivity index (χ2n) is 7.37. The van der Waals surface area contributed by atoms with Crippen molar-refractivity contribution >= 4 is 11.8 Å². The maximum Gasteiger partial charge on any atom is 0.254 e. The number of rotatable bonds is 5. The highest BCUT2D eigenvalue weighted by molar-refractivity contribution is 5.94. The Morgan fingerprint density at radius 2 is 1.89 bits per heavy atom. The van der Waals surface area contributed by atoms with E-state index in [-0.39, 0.29) is 30.1 Å². The predicted molar refractivity (Wildman–Crippen MR) is 101 cm³/mol. The van der Waals surface area contributed by atoms with Crippen LogP contribution in [0.4, 0.5) is 0 Å². The normalized spacial score (nSPS) is 25.9. The van der Waals surface area contributed by atoms with E-state index < -0.39 is 0 Å². The Labute approximate surface area is 160 Å². The Morgan fingerprint density at radius 3 is 2.52 bits per heavy atom. The van der Waals surface area contributed by atoms with Crippen LogP contribution in [0.15, 0.2) is 24.3 Å². The smallest absolute Gasteiger partial charge is 0.254 e. The van der Waals surface area contributed by atoms with Gasteiger partial charge in [-0.05, 0) is 31.5 Å². The summed E-state index contributed by atoms with van der Waals surface area (Å²) in [4.78, 5) is 26.6. The van der Waals surface area contributed by atoms with Crippen LogP contribution in [0.3, 0.4) is 0 Å². The van der Waals surface area contributed by atoms with E-state index in [9.17, 15) is 9.59 Å². The molecule has 1 aromatic rings. The van der Waals surface area contributed by atoms with Crippen LogP contribution < -0.4 is 10.6 Å². The summed E-state index contributed by atoms with van der Waals surface area (Å²) in [5.74, 6) is 0.0189. The van der Waals surface area contributed by atoms with E-state index >= 15 is 0 Å². The van der Waals surface area contributed by atoms with Crippen molar-refractivity contribution in [2.24, 2.45) is 0 Å². The summed E-state index contributed by atoms with van der Waals surface area (Å²) < 4.78 is 11.0. The number of morpholine rings is 2. The maximum atomic E-state index is 12.7. The fourth-order valence-electron chi connectivity index (χ4n) is 3.54. The fourth-order valence-corrected chi connectivity index (χ4v) is 3.54. The first-order valence-electron chi connectivity index (χ1n) is 9.63. The number of nitrogens with zero attached hydrogens (tertiary/aromatic N) is 1. The minimum Gasteiger partial charge on any atom is -0.378 e. The maximum absolute atomic E-state index is 12.7. The first-order valence-corrected chi connectivity index (χ1v) is 9.63. The van der Waals surface area contributed by atoms with E-state index in [0.29, 0.717) is 44.8 Å². The molecule has 0 saturated carbocycles. The van der Waals surface area contributed by atoms with Crippen LogP contribution in [0.2, 0.25) is 0 Å². The quantitative estimate of drug-likeness (QED) is 0.800. The number of ether oxygens (including phenoxy) is 2. The largest absolute Gasteiger partial charge is 0.378 e. The highest BCUT2D eigenvalue weighted by Gasteiger charge is 2.26. The molecule has 7 heteroatoms. The Balaban J connectivity index is 1.48. The van der Waals surface area contributed by atoms with Crippen LogP contribution in [0, 0.1) is 0 Å². The van der Waals surface area contributed by atoms with Crippen LogP contribution in [-0.2, 0) is 20.8 Å². The van der Waals surface area contributed by atoms with Gasteiger partial charge in [-0.25, -0.2) is 0 Å². The summed E-state index contributed by atoms with van der Waals surface area (Å²) in [6.07, 6.45) is 0.511. The molecule has 148 valence electrons. The second-order valence-corrected chi connectivity index (χ2v) is 7.37. The molecular formula is C20H29N3O4. The molecule has 27 heavy (non-hydrogen) atoms. The first-order chi connectivity index (χ1) is 13.0. The summed E-state index contributed by atoms with van der Waals surface area (Å²) in [5, 5.41) is 6.19. The van der Waals surface area contributed by atoms with E-state index in [1.165, 1.54) is 0 Å². The number of carbonyl (C=O) groups is 2. The number of amides is 2. The molecule has 2 aliphatic heterocycles. The molecule has 7 nitrogen and oxygen atoms in total. The lowest BCUT2D eigenvalue weighted by molar-refractivity contribution is -0.122. The Bertz CT molecular complexity index is 633. The summed E-state index contributed by atoms with van der Waals surface area (Å²) in [6, 6.07) is 7.51. The molecule has 0 aliphatic carbocycles. The number of nitrogens with one attached hydrogen (secondary N) is 2. The van der Waals surface area contributed by atoms with Gasteiger partial charge in [0.05, 0.1) is 25.4 Å². The number of benzene rings is 1. The van der Waals surface area contributed by atoms with Crippen molar-refractivity contribution in [3.8, 4) is 0 Å². The molecule has 2 heterocycles. The topological polar surface area (TPSA) is 79.9 Å². The van der Waals surface area contributed by atoms with Crippen molar-refractivity contribution < 1.29 is 19.1 Å². The van der Waals surface area contributed by atoms with Crippen LogP contribution >= 0.6 is 0 Å². The minimum absolute atomic E-state index is 0.00514. The van der Waals surface area contributed by atoms with Gasteiger partial charge in [-0.15, -0.1) is 0 Å². The van der Waals surface area contributed by atoms with Gasteiger partial charge < -0.3 is 25.0 Å². The Hall–Kier alpha value is -1.96. The second kappa shape index (κ2) is 9.30. The van der Waals surface area contributed by atoms with E-state index in [0.717, 1.165) is 12.1 Å². The molecule has 2 N–H and O–H groups in total. The van der Waals surface area contributed by atoms with Crippen LogP contribution in [-0.4, -0.2) is 67.8 Å². The summed E-state index contributed by atoms with van der Waals surface area (Å²) >= 11 is 0. The zero-order chi connectivity index (χ0) is 19.2. The van der Waals surface area contributed by atoms with Crippen molar-refractivity contribution in [3.63, 3.8) is 0 Å². The number of carbonyl (C=O) groups excluding carboxylic acids is 2. The van der Waals surface area contributed by atoms with Crippen molar-refractivity contribution in [1.82, 2.24) is 15.5 Å². The Morgan fingerprint density at radius 1 is 1.19 bits per heavy atom. The SMILES string of the molecule is CC1CN(C(=O)c2ccc(CNC(=O)CC3COCCN3)cc2)CC(C)O1. The van der Waals surface area contributed by atoms with Crippen LogP contribution in [0.5, 0.6) is 0 Å². The lowest BCUT2D eigenvalue weighted by atomic mass is 10.1. The van der Waals surface area contributed by atoms with Crippen molar-refractivity contribution in [2.45, 2.75) is 45.1 Å². The molecule has 0 radical (unpaired) electrons. The molecule has 2 amide bonds. The van der Waals surface area contributed by atoms with Gasteiger partial charge in [0.2, 0.25) is 5.91 Å². The van der Waals surface area contributed by atoms with E-state index in [4.69, 9.17) is 9.47 Å². The molecule has 2 fully saturated rings. The summed E-state index contributed by atoms with van der Waals surface area (Å²) in [5.41, 5.74) is 1.63.